The monoisotopic (exact) mass is 331 g/mol. The van der Waals surface area contributed by atoms with Crippen LogP contribution in [-0.2, 0) is 10.2 Å². The van der Waals surface area contributed by atoms with Crippen LogP contribution in [0.1, 0.15) is 19.4 Å². The van der Waals surface area contributed by atoms with Gasteiger partial charge in [-0.05, 0) is 19.4 Å². The molecule has 0 fully saturated rings. The lowest BCUT2D eigenvalue weighted by molar-refractivity contribution is -0.120. The van der Waals surface area contributed by atoms with Crippen LogP contribution in [0.5, 0.6) is 11.5 Å². The Morgan fingerprint density at radius 2 is 1.70 bits per heavy atom. The van der Waals surface area contributed by atoms with Gasteiger partial charge in [0.2, 0.25) is 5.91 Å². The van der Waals surface area contributed by atoms with E-state index in [0.29, 0.717) is 35.4 Å². The molecule has 0 atom stereocenters. The topological polar surface area (TPSA) is 47.6 Å². The number of halogens is 1. The molecule has 2 aromatic carbocycles. The first kappa shape index (κ1) is 15.7. The Morgan fingerprint density at radius 1 is 1.09 bits per heavy atom. The molecule has 3 rings (SSSR count). The number of amides is 1. The Morgan fingerprint density at radius 3 is 2.35 bits per heavy atom. The summed E-state index contributed by atoms with van der Waals surface area (Å²) in [6.45, 7) is 4.74. The smallest absolute Gasteiger partial charge is 0.234 e. The summed E-state index contributed by atoms with van der Waals surface area (Å²) in [7, 11) is 0. The molecule has 0 unspecified atom stereocenters. The highest BCUT2D eigenvalue weighted by atomic mass is 35.5. The van der Waals surface area contributed by atoms with E-state index in [1.54, 1.807) is 12.1 Å². The maximum Gasteiger partial charge on any atom is 0.234 e. The normalized spacial score (nSPS) is 13.5. The molecule has 4 nitrogen and oxygen atoms in total. The van der Waals surface area contributed by atoms with E-state index >= 15 is 0 Å². The van der Waals surface area contributed by atoms with Crippen LogP contribution in [0.3, 0.4) is 0 Å². The molecule has 1 amide bonds. The molecule has 0 saturated carbocycles. The number of hydrogen-bond donors (Lipinski definition) is 1. The van der Waals surface area contributed by atoms with Crippen molar-refractivity contribution in [2.45, 2.75) is 19.3 Å². The lowest BCUT2D eigenvalue weighted by Gasteiger charge is -2.25. The van der Waals surface area contributed by atoms with E-state index in [0.717, 1.165) is 5.56 Å². The number of hydrogen-bond acceptors (Lipinski definition) is 3. The Labute approximate surface area is 140 Å². The summed E-state index contributed by atoms with van der Waals surface area (Å²) < 4.78 is 11.0. The minimum absolute atomic E-state index is 0.137. The average molecular weight is 332 g/mol. The third-order valence-corrected chi connectivity index (χ3v) is 4.26. The molecule has 23 heavy (non-hydrogen) atoms. The molecule has 120 valence electrons. The summed E-state index contributed by atoms with van der Waals surface area (Å²) in [4.78, 5) is 12.7. The summed E-state index contributed by atoms with van der Waals surface area (Å²) in [6, 6.07) is 13.0. The van der Waals surface area contributed by atoms with Crippen molar-refractivity contribution in [2.75, 3.05) is 18.5 Å². The molecule has 1 aliphatic heterocycles. The molecule has 0 bridgehead atoms. The predicted molar refractivity (Wildman–Crippen MR) is 90.5 cm³/mol. The molecule has 5 heteroatoms. The molecule has 2 aromatic rings. The second-order valence-electron chi connectivity index (χ2n) is 5.92. The number of fused-ring (bicyclic) bond motifs is 1. The first-order valence-electron chi connectivity index (χ1n) is 7.44. The largest absolute Gasteiger partial charge is 0.486 e. The van der Waals surface area contributed by atoms with Crippen LogP contribution >= 0.6 is 11.6 Å². The van der Waals surface area contributed by atoms with Gasteiger partial charge in [0.25, 0.3) is 0 Å². The molecule has 0 spiro atoms. The highest BCUT2D eigenvalue weighted by Gasteiger charge is 2.30. The Hall–Kier alpha value is -2.20. The lowest BCUT2D eigenvalue weighted by atomic mass is 9.83. The molecule has 1 heterocycles. The fourth-order valence-electron chi connectivity index (χ4n) is 2.42. The van der Waals surface area contributed by atoms with Gasteiger partial charge in [0, 0.05) is 12.1 Å². The Bertz CT molecular complexity index is 729. The number of rotatable bonds is 3. The highest BCUT2D eigenvalue weighted by molar-refractivity contribution is 6.34. The van der Waals surface area contributed by atoms with Gasteiger partial charge in [0.05, 0.1) is 16.1 Å². The first-order valence-corrected chi connectivity index (χ1v) is 7.82. The van der Waals surface area contributed by atoms with Crippen molar-refractivity contribution >= 4 is 23.2 Å². The number of carbonyl (C=O) groups excluding carboxylic acids is 1. The first-order chi connectivity index (χ1) is 11.0. The van der Waals surface area contributed by atoms with Gasteiger partial charge in [0.15, 0.2) is 11.5 Å². The standard InChI is InChI=1S/C18H18ClNO3/c1-18(2,12-6-4-3-5-7-12)17(21)20-14-11-16-15(10-13(14)19)22-8-9-23-16/h3-7,10-11H,8-9H2,1-2H3,(H,20,21). The van der Waals surface area contributed by atoms with Crippen molar-refractivity contribution in [2.24, 2.45) is 0 Å². The van der Waals surface area contributed by atoms with Crippen LogP contribution in [-0.4, -0.2) is 19.1 Å². The van der Waals surface area contributed by atoms with Gasteiger partial charge in [-0.2, -0.15) is 0 Å². The zero-order chi connectivity index (χ0) is 16.4. The van der Waals surface area contributed by atoms with E-state index in [2.05, 4.69) is 5.32 Å². The molecule has 1 aliphatic rings. The fourth-order valence-corrected chi connectivity index (χ4v) is 2.63. The van der Waals surface area contributed by atoms with Crippen molar-refractivity contribution in [3.63, 3.8) is 0 Å². The van der Waals surface area contributed by atoms with Crippen molar-refractivity contribution in [1.29, 1.82) is 0 Å². The summed E-state index contributed by atoms with van der Waals surface area (Å²) >= 11 is 6.25. The van der Waals surface area contributed by atoms with Gasteiger partial charge in [-0.1, -0.05) is 41.9 Å². The van der Waals surface area contributed by atoms with Gasteiger partial charge in [-0.15, -0.1) is 0 Å². The van der Waals surface area contributed by atoms with Crippen LogP contribution in [0, 0.1) is 0 Å². The molecular weight excluding hydrogens is 314 g/mol. The second kappa shape index (κ2) is 6.13. The van der Waals surface area contributed by atoms with E-state index in [4.69, 9.17) is 21.1 Å². The number of anilines is 1. The third-order valence-electron chi connectivity index (χ3n) is 3.94. The molecule has 0 saturated heterocycles. The van der Waals surface area contributed by atoms with E-state index in [9.17, 15) is 4.79 Å². The van der Waals surface area contributed by atoms with Gasteiger partial charge >= 0.3 is 0 Å². The van der Waals surface area contributed by atoms with Crippen molar-refractivity contribution in [3.8, 4) is 11.5 Å². The van der Waals surface area contributed by atoms with Crippen LogP contribution < -0.4 is 14.8 Å². The lowest BCUT2D eigenvalue weighted by Crippen LogP contribution is -2.34. The van der Waals surface area contributed by atoms with Gasteiger partial charge in [-0.25, -0.2) is 0 Å². The molecule has 0 aliphatic carbocycles. The van der Waals surface area contributed by atoms with Crippen molar-refractivity contribution in [3.05, 3.63) is 53.1 Å². The fraction of sp³-hybridized carbons (Fsp3) is 0.278. The number of carbonyl (C=O) groups is 1. The number of nitrogens with one attached hydrogen (secondary N) is 1. The quantitative estimate of drug-likeness (QED) is 0.923. The Balaban J connectivity index is 1.85. The second-order valence-corrected chi connectivity index (χ2v) is 6.33. The summed E-state index contributed by atoms with van der Waals surface area (Å²) in [5.41, 5.74) is 0.772. The average Bonchev–Trinajstić information content (AvgIpc) is 2.56. The number of benzene rings is 2. The zero-order valence-electron chi connectivity index (χ0n) is 13.1. The van der Waals surface area contributed by atoms with Crippen LogP contribution in [0.4, 0.5) is 5.69 Å². The summed E-state index contributed by atoms with van der Waals surface area (Å²) in [6.07, 6.45) is 0. The third kappa shape index (κ3) is 3.13. The molecule has 1 N–H and O–H groups in total. The predicted octanol–water partition coefficient (Wildman–Crippen LogP) is 4.03. The van der Waals surface area contributed by atoms with E-state index in [-0.39, 0.29) is 5.91 Å². The van der Waals surface area contributed by atoms with E-state index < -0.39 is 5.41 Å². The zero-order valence-corrected chi connectivity index (χ0v) is 13.8. The maximum absolute atomic E-state index is 12.7. The van der Waals surface area contributed by atoms with Crippen molar-refractivity contribution in [1.82, 2.24) is 0 Å². The minimum atomic E-state index is -0.683. The Kier molecular flexibility index (Phi) is 4.18. The van der Waals surface area contributed by atoms with Gasteiger partial charge in [-0.3, -0.25) is 4.79 Å². The molecule has 0 radical (unpaired) electrons. The molecule has 0 aromatic heterocycles. The van der Waals surface area contributed by atoms with Gasteiger partial charge in [0.1, 0.15) is 13.2 Å². The number of ether oxygens (including phenoxy) is 2. The summed E-state index contributed by atoms with van der Waals surface area (Å²) in [5.74, 6) is 1.05. The summed E-state index contributed by atoms with van der Waals surface area (Å²) in [5, 5.41) is 3.32. The van der Waals surface area contributed by atoms with Gasteiger partial charge < -0.3 is 14.8 Å². The SMILES string of the molecule is CC(C)(C(=O)Nc1cc2c(cc1Cl)OCCO2)c1ccccc1. The van der Waals surface area contributed by atoms with Crippen LogP contribution in [0.15, 0.2) is 42.5 Å². The molecular formula is C18H18ClNO3. The minimum Gasteiger partial charge on any atom is -0.486 e. The van der Waals surface area contributed by atoms with Crippen LogP contribution in [0.2, 0.25) is 5.02 Å². The van der Waals surface area contributed by atoms with Crippen molar-refractivity contribution < 1.29 is 14.3 Å². The highest BCUT2D eigenvalue weighted by Crippen LogP contribution is 2.38. The van der Waals surface area contributed by atoms with E-state index in [1.807, 2.05) is 44.2 Å². The van der Waals surface area contributed by atoms with E-state index in [1.165, 1.54) is 0 Å². The maximum atomic E-state index is 12.7. The van der Waals surface area contributed by atoms with Crippen LogP contribution in [0.25, 0.3) is 0 Å².